The van der Waals surface area contributed by atoms with Crippen LogP contribution >= 0.6 is 12.1 Å². The molecule has 9 nitrogen and oxygen atoms in total. The number of aromatic nitrogens is 1. The molecule has 194 valence electrons. The van der Waals surface area contributed by atoms with E-state index in [0.29, 0.717) is 43.2 Å². The number of carboxylic acids is 1. The topological polar surface area (TPSA) is 121 Å². The van der Waals surface area contributed by atoms with Gasteiger partial charge in [-0.15, -0.1) is 0 Å². The van der Waals surface area contributed by atoms with Crippen LogP contribution in [0.4, 0.5) is 3.89 Å². The molecular weight excluding hydrogens is 475 g/mol. The fourth-order valence-electron chi connectivity index (χ4n) is 4.69. The Hall–Kier alpha value is -2.40. The Balaban J connectivity index is 1.57. The zero-order chi connectivity index (χ0) is 25.0. The molecule has 35 heavy (non-hydrogen) atoms. The normalized spacial score (nSPS) is 19.7. The van der Waals surface area contributed by atoms with Crippen molar-refractivity contribution >= 4 is 29.9 Å². The van der Waals surface area contributed by atoms with Crippen LogP contribution in [0.25, 0.3) is 0 Å². The van der Waals surface area contributed by atoms with Gasteiger partial charge in [-0.2, -0.15) is 3.89 Å². The summed E-state index contributed by atoms with van der Waals surface area (Å²) in [5, 5.41) is 15.6. The Bertz CT molecular complexity index is 855. The summed E-state index contributed by atoms with van der Waals surface area (Å²) in [5.41, 5.74) is 0.497. The number of hydrogen-bond donors (Lipinski definition) is 3. The lowest BCUT2D eigenvalue weighted by molar-refractivity contribution is -0.138. The molecule has 3 rings (SSSR count). The summed E-state index contributed by atoms with van der Waals surface area (Å²) in [6, 6.07) is 0.818. The second-order valence-corrected chi connectivity index (χ2v) is 9.81. The van der Waals surface area contributed by atoms with Gasteiger partial charge >= 0.3 is 5.97 Å². The van der Waals surface area contributed by atoms with E-state index in [0.717, 1.165) is 38.8 Å². The number of carboxylic acid groups (broad SMARTS) is 1. The van der Waals surface area contributed by atoms with Gasteiger partial charge in [-0.05, 0) is 62.7 Å². The smallest absolute Gasteiger partial charge is 0.305 e. The number of carbonyl (C=O) groups is 3. The van der Waals surface area contributed by atoms with Crippen molar-refractivity contribution in [3.05, 3.63) is 24.0 Å². The second kappa shape index (κ2) is 14.2. The first-order chi connectivity index (χ1) is 17.0. The lowest BCUT2D eigenvalue weighted by Gasteiger charge is -2.33. The molecule has 3 heterocycles. The molecule has 1 aromatic heterocycles. The SMILES string of the molecule is O=C(O)CC(NC(=O)C1CCCN(C(=O)CCC2CCNCC2)C1)c1cncc(OCCSF)c1. The summed E-state index contributed by atoms with van der Waals surface area (Å²) in [7, 11) is 0. The van der Waals surface area contributed by atoms with Crippen molar-refractivity contribution in [2.24, 2.45) is 11.8 Å². The van der Waals surface area contributed by atoms with Crippen LogP contribution in [-0.2, 0) is 14.4 Å². The van der Waals surface area contributed by atoms with E-state index in [1.54, 1.807) is 11.0 Å². The number of rotatable bonds is 12. The van der Waals surface area contributed by atoms with Crippen LogP contribution in [0.1, 0.15) is 56.6 Å². The summed E-state index contributed by atoms with van der Waals surface area (Å²) in [6.07, 6.45) is 7.58. The molecule has 2 atom stereocenters. The Kier molecular flexibility index (Phi) is 11.1. The minimum Gasteiger partial charge on any atom is -0.491 e. The van der Waals surface area contributed by atoms with E-state index in [4.69, 9.17) is 4.74 Å². The van der Waals surface area contributed by atoms with Crippen molar-refractivity contribution < 1.29 is 28.1 Å². The van der Waals surface area contributed by atoms with Gasteiger partial charge in [0.1, 0.15) is 5.75 Å². The Morgan fingerprint density at radius 2 is 2.09 bits per heavy atom. The number of carbonyl (C=O) groups excluding carboxylic acids is 2. The van der Waals surface area contributed by atoms with Crippen LogP contribution < -0.4 is 15.4 Å². The van der Waals surface area contributed by atoms with Crippen LogP contribution in [0.5, 0.6) is 5.75 Å². The van der Waals surface area contributed by atoms with Crippen molar-refractivity contribution in [3.63, 3.8) is 0 Å². The van der Waals surface area contributed by atoms with Gasteiger partial charge in [-0.1, -0.05) is 0 Å². The maximum absolute atomic E-state index is 13.1. The van der Waals surface area contributed by atoms with E-state index in [1.807, 2.05) is 0 Å². The molecule has 0 saturated carbocycles. The lowest BCUT2D eigenvalue weighted by atomic mass is 9.92. The Morgan fingerprint density at radius 3 is 2.83 bits per heavy atom. The van der Waals surface area contributed by atoms with Crippen molar-refractivity contribution in [3.8, 4) is 5.75 Å². The van der Waals surface area contributed by atoms with Gasteiger partial charge in [0.15, 0.2) is 0 Å². The molecule has 2 saturated heterocycles. The third-order valence-corrected chi connectivity index (χ3v) is 6.95. The highest BCUT2D eigenvalue weighted by Crippen LogP contribution is 2.25. The Labute approximate surface area is 209 Å². The molecule has 0 aromatic carbocycles. The first-order valence-corrected chi connectivity index (χ1v) is 13.2. The summed E-state index contributed by atoms with van der Waals surface area (Å²) in [5.74, 6) is -0.523. The number of piperidine rings is 2. The van der Waals surface area contributed by atoms with Crippen LogP contribution in [0.15, 0.2) is 18.5 Å². The largest absolute Gasteiger partial charge is 0.491 e. The van der Waals surface area contributed by atoms with Gasteiger partial charge < -0.3 is 25.4 Å². The van der Waals surface area contributed by atoms with Crippen molar-refractivity contribution in [2.75, 3.05) is 38.5 Å². The minimum absolute atomic E-state index is 0.0867. The monoisotopic (exact) mass is 510 g/mol. The molecule has 2 fully saturated rings. The van der Waals surface area contributed by atoms with Crippen molar-refractivity contribution in [1.29, 1.82) is 0 Å². The number of halogens is 1. The number of ether oxygens (including phenoxy) is 1. The van der Waals surface area contributed by atoms with E-state index in [9.17, 15) is 23.4 Å². The molecule has 1 aromatic rings. The van der Waals surface area contributed by atoms with Crippen molar-refractivity contribution in [2.45, 2.75) is 51.0 Å². The first kappa shape index (κ1) is 27.2. The van der Waals surface area contributed by atoms with E-state index in [-0.39, 0.29) is 42.7 Å². The maximum atomic E-state index is 13.1. The molecule has 0 radical (unpaired) electrons. The van der Waals surface area contributed by atoms with Gasteiger partial charge in [0.05, 0.1) is 36.9 Å². The minimum atomic E-state index is -1.06. The molecular formula is C24H35FN4O5S. The molecule has 2 amide bonds. The van der Waals surface area contributed by atoms with Gasteiger partial charge in [-0.25, -0.2) is 0 Å². The van der Waals surface area contributed by atoms with Crippen LogP contribution in [0, 0.1) is 11.8 Å². The summed E-state index contributed by atoms with van der Waals surface area (Å²) in [4.78, 5) is 43.2. The quantitative estimate of drug-likeness (QED) is 0.367. The highest BCUT2D eigenvalue weighted by molar-refractivity contribution is 7.94. The lowest BCUT2D eigenvalue weighted by Crippen LogP contribution is -2.46. The predicted molar refractivity (Wildman–Crippen MR) is 131 cm³/mol. The van der Waals surface area contributed by atoms with E-state index < -0.39 is 17.9 Å². The van der Waals surface area contributed by atoms with Gasteiger partial charge in [-0.3, -0.25) is 19.4 Å². The van der Waals surface area contributed by atoms with Gasteiger partial charge in [0, 0.05) is 37.9 Å². The van der Waals surface area contributed by atoms with Crippen molar-refractivity contribution in [1.82, 2.24) is 20.5 Å². The number of amides is 2. The van der Waals surface area contributed by atoms with Crippen LogP contribution in [0.3, 0.4) is 0 Å². The Morgan fingerprint density at radius 1 is 1.29 bits per heavy atom. The molecule has 0 bridgehead atoms. The van der Waals surface area contributed by atoms with Gasteiger partial charge in [0.25, 0.3) is 0 Å². The van der Waals surface area contributed by atoms with E-state index in [2.05, 4.69) is 15.6 Å². The third kappa shape index (κ3) is 8.96. The van der Waals surface area contributed by atoms with Crippen LogP contribution in [0.2, 0.25) is 0 Å². The number of likely N-dealkylation sites (tertiary alicyclic amines) is 1. The fraction of sp³-hybridized carbons (Fsp3) is 0.667. The molecule has 2 unspecified atom stereocenters. The molecule has 2 aliphatic rings. The van der Waals surface area contributed by atoms with Crippen LogP contribution in [-0.4, -0.2) is 71.3 Å². The molecule has 3 N–H and O–H groups in total. The number of pyridine rings is 1. The summed E-state index contributed by atoms with van der Waals surface area (Å²) >= 11 is 0.166. The molecule has 2 aliphatic heterocycles. The second-order valence-electron chi connectivity index (χ2n) is 9.19. The van der Waals surface area contributed by atoms with E-state index >= 15 is 0 Å². The summed E-state index contributed by atoms with van der Waals surface area (Å²) < 4.78 is 17.7. The summed E-state index contributed by atoms with van der Waals surface area (Å²) in [6.45, 7) is 3.14. The highest BCUT2D eigenvalue weighted by Gasteiger charge is 2.30. The number of hydrogen-bond acceptors (Lipinski definition) is 7. The number of nitrogens with zero attached hydrogens (tertiary/aromatic N) is 2. The maximum Gasteiger partial charge on any atom is 0.305 e. The molecule has 0 spiro atoms. The zero-order valence-corrected chi connectivity index (χ0v) is 20.7. The third-order valence-electron chi connectivity index (χ3n) is 6.63. The average molecular weight is 511 g/mol. The van der Waals surface area contributed by atoms with Gasteiger partial charge in [0.2, 0.25) is 11.8 Å². The molecule has 11 heteroatoms. The number of nitrogens with one attached hydrogen (secondary N) is 2. The zero-order valence-electron chi connectivity index (χ0n) is 19.9. The standard InChI is InChI=1S/C24H35FN4O5S/c25-35-11-10-34-20-12-19(14-27-15-20)21(13-23(31)32)28-24(33)18-2-1-9-29(16-18)22(30)4-3-17-5-7-26-8-6-17/h12,14-15,17-18,21,26H,1-11,13,16H2,(H,28,33)(H,31,32). The van der Waals surface area contributed by atoms with E-state index in [1.165, 1.54) is 12.4 Å². The molecule has 0 aliphatic carbocycles. The number of aliphatic carboxylic acids is 1. The first-order valence-electron chi connectivity index (χ1n) is 12.3. The highest BCUT2D eigenvalue weighted by atomic mass is 32.2. The predicted octanol–water partition coefficient (Wildman–Crippen LogP) is 2.73. The average Bonchev–Trinajstić information content (AvgIpc) is 2.87. The fourth-order valence-corrected chi connectivity index (χ4v) is 4.83.